The van der Waals surface area contributed by atoms with E-state index in [9.17, 15) is 14.4 Å². The van der Waals surface area contributed by atoms with E-state index in [1.165, 1.54) is 0 Å². The summed E-state index contributed by atoms with van der Waals surface area (Å²) in [5, 5.41) is 2.78. The maximum absolute atomic E-state index is 12.1. The van der Waals surface area contributed by atoms with Crippen LogP contribution in [0, 0.1) is 0 Å². The van der Waals surface area contributed by atoms with Gasteiger partial charge in [0.2, 0.25) is 5.91 Å². The van der Waals surface area contributed by atoms with Gasteiger partial charge >= 0.3 is 0 Å². The highest BCUT2D eigenvalue weighted by Crippen LogP contribution is 2.15. The van der Waals surface area contributed by atoms with Crippen LogP contribution in [0.5, 0.6) is 0 Å². The summed E-state index contributed by atoms with van der Waals surface area (Å²) in [7, 11) is 0. The van der Waals surface area contributed by atoms with Crippen LogP contribution in [0.3, 0.4) is 0 Å². The van der Waals surface area contributed by atoms with Gasteiger partial charge in [-0.25, -0.2) is 0 Å². The lowest BCUT2D eigenvalue weighted by atomic mass is 10.2. The molecule has 0 radical (unpaired) electrons. The second-order valence-electron chi connectivity index (χ2n) is 5.62. The van der Waals surface area contributed by atoms with Crippen LogP contribution in [0.15, 0.2) is 53.0 Å². The van der Waals surface area contributed by atoms with E-state index in [1.807, 2.05) is 6.92 Å². The Morgan fingerprint density at radius 3 is 2.23 bits per heavy atom. The van der Waals surface area contributed by atoms with E-state index in [2.05, 4.69) is 32.1 Å². The first-order chi connectivity index (χ1) is 12.5. The fourth-order valence-electron chi connectivity index (χ4n) is 2.16. The van der Waals surface area contributed by atoms with Crippen molar-refractivity contribution < 1.29 is 14.4 Å². The molecule has 0 spiro atoms. The van der Waals surface area contributed by atoms with E-state index >= 15 is 0 Å². The van der Waals surface area contributed by atoms with Gasteiger partial charge in [0.1, 0.15) is 0 Å². The van der Waals surface area contributed by atoms with Gasteiger partial charge in [-0.3, -0.25) is 25.2 Å². The molecule has 0 saturated carbocycles. The van der Waals surface area contributed by atoms with Gasteiger partial charge in [0.25, 0.3) is 11.8 Å². The number of benzene rings is 2. The molecule has 0 saturated heterocycles. The molecule has 0 fully saturated rings. The van der Waals surface area contributed by atoms with E-state index in [0.717, 1.165) is 12.8 Å². The SMILES string of the molecule is CCCCC(=O)Nc1ccc(C(=O)NNC(=O)c2ccccc2Br)cc1. The van der Waals surface area contributed by atoms with Crippen molar-refractivity contribution in [2.45, 2.75) is 26.2 Å². The van der Waals surface area contributed by atoms with E-state index in [0.29, 0.717) is 27.7 Å². The Hall–Kier alpha value is -2.67. The first kappa shape index (κ1) is 19.7. The second kappa shape index (κ2) is 9.72. The number of carbonyl (C=O) groups excluding carboxylic acids is 3. The Balaban J connectivity index is 1.89. The number of amides is 3. The normalized spacial score (nSPS) is 10.1. The van der Waals surface area contributed by atoms with Crippen LogP contribution in [0.1, 0.15) is 46.9 Å². The maximum Gasteiger partial charge on any atom is 0.270 e. The van der Waals surface area contributed by atoms with Gasteiger partial charge in [0, 0.05) is 22.1 Å². The maximum atomic E-state index is 12.1. The van der Waals surface area contributed by atoms with Crippen molar-refractivity contribution in [1.82, 2.24) is 10.9 Å². The third-order valence-corrected chi connectivity index (χ3v) is 4.29. The summed E-state index contributed by atoms with van der Waals surface area (Å²) >= 11 is 3.28. The smallest absolute Gasteiger partial charge is 0.270 e. The van der Waals surface area contributed by atoms with Crippen molar-refractivity contribution in [3.8, 4) is 0 Å². The molecule has 6 nitrogen and oxygen atoms in total. The lowest BCUT2D eigenvalue weighted by Crippen LogP contribution is -2.41. The van der Waals surface area contributed by atoms with Crippen LogP contribution in [0.25, 0.3) is 0 Å². The molecule has 2 rings (SSSR count). The van der Waals surface area contributed by atoms with Crippen molar-refractivity contribution in [3.63, 3.8) is 0 Å². The largest absolute Gasteiger partial charge is 0.326 e. The molecule has 0 atom stereocenters. The van der Waals surface area contributed by atoms with Gasteiger partial charge in [-0.1, -0.05) is 25.5 Å². The zero-order valence-electron chi connectivity index (χ0n) is 14.3. The quantitative estimate of drug-likeness (QED) is 0.626. The number of carbonyl (C=O) groups is 3. The first-order valence-corrected chi connectivity index (χ1v) is 9.05. The van der Waals surface area contributed by atoms with Crippen LogP contribution in [0.4, 0.5) is 5.69 Å². The number of hydrazine groups is 1. The second-order valence-corrected chi connectivity index (χ2v) is 6.47. The summed E-state index contributed by atoms with van der Waals surface area (Å²) in [4.78, 5) is 35.9. The highest BCUT2D eigenvalue weighted by molar-refractivity contribution is 9.10. The van der Waals surface area contributed by atoms with E-state index < -0.39 is 11.8 Å². The summed E-state index contributed by atoms with van der Waals surface area (Å²) in [5.74, 6) is -0.926. The summed E-state index contributed by atoms with van der Waals surface area (Å²) < 4.78 is 0.634. The van der Waals surface area contributed by atoms with Crippen molar-refractivity contribution in [2.24, 2.45) is 0 Å². The Morgan fingerprint density at radius 1 is 0.923 bits per heavy atom. The number of hydrogen-bond donors (Lipinski definition) is 3. The molecule has 2 aromatic rings. The molecule has 0 aliphatic carbocycles. The third-order valence-electron chi connectivity index (χ3n) is 3.60. The fraction of sp³-hybridized carbons (Fsp3) is 0.211. The average molecular weight is 418 g/mol. The highest BCUT2D eigenvalue weighted by Gasteiger charge is 2.11. The standard InChI is InChI=1S/C19H20BrN3O3/c1-2-3-8-17(24)21-14-11-9-13(10-12-14)18(25)22-23-19(26)15-6-4-5-7-16(15)20/h4-7,9-12H,2-3,8H2,1H3,(H,21,24)(H,22,25)(H,23,26). The molecule has 0 bridgehead atoms. The van der Waals surface area contributed by atoms with Crippen molar-refractivity contribution in [2.75, 3.05) is 5.32 Å². The van der Waals surface area contributed by atoms with Crippen LogP contribution in [0.2, 0.25) is 0 Å². The zero-order valence-corrected chi connectivity index (χ0v) is 15.9. The monoisotopic (exact) mass is 417 g/mol. The molecule has 26 heavy (non-hydrogen) atoms. The molecular weight excluding hydrogens is 398 g/mol. The Labute approximate surface area is 160 Å². The van der Waals surface area contributed by atoms with Crippen LogP contribution < -0.4 is 16.2 Å². The van der Waals surface area contributed by atoms with E-state index in [1.54, 1.807) is 48.5 Å². The molecule has 0 aliphatic heterocycles. The number of halogens is 1. The van der Waals surface area contributed by atoms with E-state index in [-0.39, 0.29) is 5.91 Å². The van der Waals surface area contributed by atoms with Crippen LogP contribution in [-0.2, 0) is 4.79 Å². The first-order valence-electron chi connectivity index (χ1n) is 8.26. The van der Waals surface area contributed by atoms with Crippen LogP contribution in [-0.4, -0.2) is 17.7 Å². The highest BCUT2D eigenvalue weighted by atomic mass is 79.9. The number of nitrogens with one attached hydrogen (secondary N) is 3. The Bertz CT molecular complexity index is 791. The van der Waals surface area contributed by atoms with Gasteiger partial charge in [-0.2, -0.15) is 0 Å². The molecule has 0 heterocycles. The topological polar surface area (TPSA) is 87.3 Å². The number of unbranched alkanes of at least 4 members (excludes halogenated alkanes) is 1. The molecule has 3 amide bonds. The van der Waals surface area contributed by atoms with Crippen LogP contribution >= 0.6 is 15.9 Å². The number of anilines is 1. The molecule has 7 heteroatoms. The van der Waals surface area contributed by atoms with Crippen molar-refractivity contribution in [1.29, 1.82) is 0 Å². The predicted molar refractivity (Wildman–Crippen MR) is 104 cm³/mol. The van der Waals surface area contributed by atoms with Crippen molar-refractivity contribution in [3.05, 3.63) is 64.1 Å². The molecule has 136 valence electrons. The summed E-state index contributed by atoms with van der Waals surface area (Å²) in [6.45, 7) is 2.02. The third kappa shape index (κ3) is 5.70. The minimum atomic E-state index is -0.450. The molecule has 2 aromatic carbocycles. The molecule has 0 aliphatic rings. The zero-order chi connectivity index (χ0) is 18.9. The Morgan fingerprint density at radius 2 is 1.58 bits per heavy atom. The molecular formula is C19H20BrN3O3. The fourth-order valence-corrected chi connectivity index (χ4v) is 2.63. The summed E-state index contributed by atoms with van der Waals surface area (Å²) in [6.07, 6.45) is 2.27. The van der Waals surface area contributed by atoms with E-state index in [4.69, 9.17) is 0 Å². The van der Waals surface area contributed by atoms with Gasteiger partial charge in [0.15, 0.2) is 0 Å². The van der Waals surface area contributed by atoms with Gasteiger partial charge < -0.3 is 5.32 Å². The van der Waals surface area contributed by atoms with Gasteiger partial charge in [-0.15, -0.1) is 0 Å². The lowest BCUT2D eigenvalue weighted by molar-refractivity contribution is -0.116. The lowest BCUT2D eigenvalue weighted by Gasteiger charge is -2.09. The molecule has 3 N–H and O–H groups in total. The van der Waals surface area contributed by atoms with Gasteiger partial charge in [0.05, 0.1) is 5.56 Å². The minimum absolute atomic E-state index is 0.0512. The van der Waals surface area contributed by atoms with Gasteiger partial charge in [-0.05, 0) is 58.7 Å². The Kier molecular flexibility index (Phi) is 7.35. The average Bonchev–Trinajstić information content (AvgIpc) is 2.65. The predicted octanol–water partition coefficient (Wildman–Crippen LogP) is 3.65. The molecule has 0 unspecified atom stereocenters. The number of rotatable bonds is 6. The number of hydrogen-bond acceptors (Lipinski definition) is 3. The summed E-state index contributed by atoms with van der Waals surface area (Å²) in [6, 6.07) is 13.4. The van der Waals surface area contributed by atoms with Crippen molar-refractivity contribution >= 4 is 39.3 Å². The minimum Gasteiger partial charge on any atom is -0.326 e. The molecule has 0 aromatic heterocycles. The summed E-state index contributed by atoms with van der Waals surface area (Å²) in [5.41, 5.74) is 6.14.